The average Bonchev–Trinajstić information content (AvgIpc) is 2.52. The van der Waals surface area contributed by atoms with E-state index in [2.05, 4.69) is 59.7 Å². The molecule has 3 unspecified atom stereocenters. The van der Waals surface area contributed by atoms with Gasteiger partial charge < -0.3 is 10.6 Å². The summed E-state index contributed by atoms with van der Waals surface area (Å²) < 4.78 is 0. The standard InChI is InChI=1S/C19H31N3O/c1-14(10-20-4)19(23)21-18-15(2)11-22(12-16(18)3)13-17-8-6-5-7-9-17/h5-9,14-16,18,20H,10-13H2,1-4H3,(H,21,23). The van der Waals surface area contributed by atoms with Crippen LogP contribution in [0.15, 0.2) is 30.3 Å². The fourth-order valence-electron chi connectivity index (χ4n) is 3.64. The lowest BCUT2D eigenvalue weighted by molar-refractivity contribution is -0.126. The van der Waals surface area contributed by atoms with E-state index in [9.17, 15) is 4.79 Å². The van der Waals surface area contributed by atoms with E-state index in [1.165, 1.54) is 5.56 Å². The van der Waals surface area contributed by atoms with Crippen LogP contribution in [-0.2, 0) is 11.3 Å². The smallest absolute Gasteiger partial charge is 0.224 e. The van der Waals surface area contributed by atoms with E-state index >= 15 is 0 Å². The van der Waals surface area contributed by atoms with Crippen molar-refractivity contribution in [3.8, 4) is 0 Å². The zero-order valence-electron chi connectivity index (χ0n) is 14.9. The molecule has 128 valence electrons. The third-order valence-corrected chi connectivity index (χ3v) is 4.83. The Kier molecular flexibility index (Phi) is 6.60. The monoisotopic (exact) mass is 317 g/mol. The Hall–Kier alpha value is -1.39. The molecule has 1 saturated heterocycles. The molecule has 0 spiro atoms. The Morgan fingerprint density at radius 1 is 1.22 bits per heavy atom. The first-order valence-corrected chi connectivity index (χ1v) is 8.72. The van der Waals surface area contributed by atoms with E-state index < -0.39 is 0 Å². The van der Waals surface area contributed by atoms with Gasteiger partial charge in [0.15, 0.2) is 0 Å². The molecule has 0 saturated carbocycles. The molecule has 1 aromatic rings. The predicted octanol–water partition coefficient (Wildman–Crippen LogP) is 2.11. The van der Waals surface area contributed by atoms with Crippen molar-refractivity contribution in [3.63, 3.8) is 0 Å². The van der Waals surface area contributed by atoms with Crippen LogP contribution < -0.4 is 10.6 Å². The van der Waals surface area contributed by atoms with Gasteiger partial charge in [-0.25, -0.2) is 0 Å². The van der Waals surface area contributed by atoms with Gasteiger partial charge in [-0.15, -0.1) is 0 Å². The average molecular weight is 317 g/mol. The Bertz CT molecular complexity index is 479. The van der Waals surface area contributed by atoms with Gasteiger partial charge in [0.05, 0.1) is 0 Å². The number of nitrogens with one attached hydrogen (secondary N) is 2. The molecular formula is C19H31N3O. The quantitative estimate of drug-likeness (QED) is 0.845. The summed E-state index contributed by atoms with van der Waals surface area (Å²) in [5, 5.41) is 6.36. The van der Waals surface area contributed by atoms with Crippen LogP contribution in [0.3, 0.4) is 0 Å². The maximum Gasteiger partial charge on any atom is 0.224 e. The summed E-state index contributed by atoms with van der Waals surface area (Å²) in [5.74, 6) is 1.11. The van der Waals surface area contributed by atoms with Crippen LogP contribution in [-0.4, -0.2) is 43.5 Å². The van der Waals surface area contributed by atoms with Crippen LogP contribution in [0, 0.1) is 17.8 Å². The maximum absolute atomic E-state index is 12.3. The van der Waals surface area contributed by atoms with Crippen molar-refractivity contribution >= 4 is 5.91 Å². The molecule has 4 heteroatoms. The fourth-order valence-corrected chi connectivity index (χ4v) is 3.64. The lowest BCUT2D eigenvalue weighted by Gasteiger charge is -2.42. The normalized spacial score (nSPS) is 26.7. The molecule has 0 aliphatic carbocycles. The van der Waals surface area contributed by atoms with Gasteiger partial charge in [0.1, 0.15) is 0 Å². The second-order valence-corrected chi connectivity index (χ2v) is 7.13. The summed E-state index contributed by atoms with van der Waals surface area (Å²) in [4.78, 5) is 14.8. The SMILES string of the molecule is CNCC(C)C(=O)NC1C(C)CN(Cc2ccccc2)CC1C. The largest absolute Gasteiger partial charge is 0.352 e. The van der Waals surface area contributed by atoms with Crippen molar-refractivity contribution in [2.24, 2.45) is 17.8 Å². The van der Waals surface area contributed by atoms with Gasteiger partial charge >= 0.3 is 0 Å². The minimum atomic E-state index is 0.0155. The highest BCUT2D eigenvalue weighted by atomic mass is 16.1. The van der Waals surface area contributed by atoms with Gasteiger partial charge in [-0.2, -0.15) is 0 Å². The summed E-state index contributed by atoms with van der Waals surface area (Å²) in [7, 11) is 1.89. The Morgan fingerprint density at radius 3 is 2.39 bits per heavy atom. The lowest BCUT2D eigenvalue weighted by atomic mass is 9.85. The Morgan fingerprint density at radius 2 is 1.83 bits per heavy atom. The summed E-state index contributed by atoms with van der Waals surface area (Å²) >= 11 is 0. The number of rotatable bonds is 6. The van der Waals surface area contributed by atoms with Crippen molar-refractivity contribution in [1.29, 1.82) is 0 Å². The van der Waals surface area contributed by atoms with Crippen molar-refractivity contribution in [2.75, 3.05) is 26.7 Å². The number of piperidine rings is 1. The fraction of sp³-hybridized carbons (Fsp3) is 0.632. The molecule has 2 rings (SSSR count). The number of amides is 1. The molecule has 23 heavy (non-hydrogen) atoms. The molecule has 1 aromatic carbocycles. The zero-order valence-corrected chi connectivity index (χ0v) is 14.9. The topological polar surface area (TPSA) is 44.4 Å². The molecule has 1 fully saturated rings. The van der Waals surface area contributed by atoms with Crippen molar-refractivity contribution < 1.29 is 4.79 Å². The third kappa shape index (κ3) is 5.05. The number of likely N-dealkylation sites (tertiary alicyclic amines) is 1. The molecular weight excluding hydrogens is 286 g/mol. The Labute approximate surface area is 140 Å². The second-order valence-electron chi connectivity index (χ2n) is 7.13. The number of nitrogens with zero attached hydrogens (tertiary/aromatic N) is 1. The zero-order chi connectivity index (χ0) is 16.8. The lowest BCUT2D eigenvalue weighted by Crippen LogP contribution is -2.55. The number of hydrogen-bond acceptors (Lipinski definition) is 3. The molecule has 4 nitrogen and oxygen atoms in total. The second kappa shape index (κ2) is 8.46. The van der Waals surface area contributed by atoms with Crippen LogP contribution in [0.4, 0.5) is 0 Å². The van der Waals surface area contributed by atoms with Crippen LogP contribution in [0.25, 0.3) is 0 Å². The van der Waals surface area contributed by atoms with Gasteiger partial charge in [0, 0.05) is 38.1 Å². The number of hydrogen-bond donors (Lipinski definition) is 2. The van der Waals surface area contributed by atoms with Gasteiger partial charge in [0.25, 0.3) is 0 Å². The third-order valence-electron chi connectivity index (χ3n) is 4.83. The van der Waals surface area contributed by atoms with Gasteiger partial charge in [-0.05, 0) is 24.4 Å². The van der Waals surface area contributed by atoms with Crippen molar-refractivity contribution in [3.05, 3.63) is 35.9 Å². The van der Waals surface area contributed by atoms with Gasteiger partial charge in [-0.3, -0.25) is 9.69 Å². The van der Waals surface area contributed by atoms with E-state index in [0.29, 0.717) is 11.8 Å². The number of carbonyl (C=O) groups is 1. The van der Waals surface area contributed by atoms with E-state index in [4.69, 9.17) is 0 Å². The molecule has 2 N–H and O–H groups in total. The van der Waals surface area contributed by atoms with Gasteiger partial charge in [0.2, 0.25) is 5.91 Å². The highest BCUT2D eigenvalue weighted by molar-refractivity contribution is 5.78. The first-order chi connectivity index (χ1) is 11.0. The molecule has 1 heterocycles. The Balaban J connectivity index is 1.90. The van der Waals surface area contributed by atoms with Crippen LogP contribution in [0.2, 0.25) is 0 Å². The van der Waals surface area contributed by atoms with E-state index in [1.54, 1.807) is 0 Å². The van der Waals surface area contributed by atoms with Crippen LogP contribution in [0.5, 0.6) is 0 Å². The molecule has 1 aliphatic heterocycles. The van der Waals surface area contributed by atoms with Crippen molar-refractivity contribution in [1.82, 2.24) is 15.5 Å². The molecule has 0 radical (unpaired) electrons. The molecule has 0 bridgehead atoms. The first-order valence-electron chi connectivity index (χ1n) is 8.72. The van der Waals surface area contributed by atoms with Crippen molar-refractivity contribution in [2.45, 2.75) is 33.4 Å². The highest BCUT2D eigenvalue weighted by Crippen LogP contribution is 2.24. The summed E-state index contributed by atoms with van der Waals surface area (Å²) in [6.07, 6.45) is 0. The minimum absolute atomic E-state index is 0.0155. The summed E-state index contributed by atoms with van der Waals surface area (Å²) in [5.41, 5.74) is 1.36. The predicted molar refractivity (Wildman–Crippen MR) is 95.1 cm³/mol. The molecule has 3 atom stereocenters. The van der Waals surface area contributed by atoms with Crippen LogP contribution >= 0.6 is 0 Å². The minimum Gasteiger partial charge on any atom is -0.352 e. The first kappa shape index (κ1) is 18.0. The van der Waals surface area contributed by atoms with E-state index in [-0.39, 0.29) is 17.9 Å². The summed E-state index contributed by atoms with van der Waals surface area (Å²) in [6.45, 7) is 10.3. The summed E-state index contributed by atoms with van der Waals surface area (Å²) in [6, 6.07) is 10.9. The van der Waals surface area contributed by atoms with E-state index in [1.807, 2.05) is 14.0 Å². The number of carbonyl (C=O) groups excluding carboxylic acids is 1. The van der Waals surface area contributed by atoms with E-state index in [0.717, 1.165) is 26.2 Å². The molecule has 1 amide bonds. The molecule has 0 aromatic heterocycles. The highest BCUT2D eigenvalue weighted by Gasteiger charge is 2.33. The molecule has 1 aliphatic rings. The maximum atomic E-state index is 12.3. The van der Waals surface area contributed by atoms with Gasteiger partial charge in [-0.1, -0.05) is 51.1 Å². The number of benzene rings is 1. The van der Waals surface area contributed by atoms with Crippen LogP contribution in [0.1, 0.15) is 26.3 Å².